The normalized spacial score (nSPS) is 18.8. The van der Waals surface area contributed by atoms with Gasteiger partial charge in [0, 0.05) is 28.8 Å². The number of carboxylic acids is 1. The van der Waals surface area contributed by atoms with Crippen molar-refractivity contribution in [3.63, 3.8) is 0 Å². The van der Waals surface area contributed by atoms with Crippen molar-refractivity contribution in [1.29, 1.82) is 0 Å². The number of carbonyl (C=O) groups excluding carboxylic acids is 4. The van der Waals surface area contributed by atoms with Gasteiger partial charge < -0.3 is 37.2 Å². The fourth-order valence-corrected chi connectivity index (χ4v) is 5.92. The zero-order chi connectivity index (χ0) is 30.1. The molecular weight excluding hydrogens is 608 g/mol. The van der Waals surface area contributed by atoms with Crippen molar-refractivity contribution in [3.05, 3.63) is 52.9 Å². The summed E-state index contributed by atoms with van der Waals surface area (Å²) in [6.07, 6.45) is 3.58. The number of ether oxygens (including phenoxy) is 1. The van der Waals surface area contributed by atoms with Crippen LogP contribution in [-0.2, 0) is 35.3 Å². The molecule has 0 saturated carbocycles. The molecule has 0 unspecified atom stereocenters. The summed E-state index contributed by atoms with van der Waals surface area (Å²) in [5.74, 6) is -3.24. The molecule has 13 nitrogen and oxygen atoms in total. The highest BCUT2D eigenvalue weighted by atomic mass is 35.5. The van der Waals surface area contributed by atoms with Crippen LogP contribution in [0.5, 0.6) is 0 Å². The van der Waals surface area contributed by atoms with Crippen LogP contribution in [0.1, 0.15) is 40.3 Å². The number of amides is 2. The number of esters is 1. The molecule has 4 heterocycles. The Morgan fingerprint density at radius 3 is 2.45 bits per heavy atom. The number of β-lactam (4-membered cyclic amide) rings is 1. The van der Waals surface area contributed by atoms with Crippen LogP contribution < -0.4 is 38.1 Å². The third-order valence-corrected chi connectivity index (χ3v) is 8.01. The van der Waals surface area contributed by atoms with E-state index in [1.165, 1.54) is 31.0 Å². The largest absolute Gasteiger partial charge is 1.00 e. The molecule has 1 saturated heterocycles. The van der Waals surface area contributed by atoms with Gasteiger partial charge in [0.1, 0.15) is 17.0 Å². The quantitative estimate of drug-likeness (QED) is 0.0921. The fraction of sp³-hybridized carbons (Fsp3) is 0.423. The van der Waals surface area contributed by atoms with Gasteiger partial charge in [0.15, 0.2) is 24.6 Å². The highest BCUT2D eigenvalue weighted by molar-refractivity contribution is 8.00. The molecule has 42 heavy (non-hydrogen) atoms. The number of hydrogen-bond donors (Lipinski definition) is 2. The van der Waals surface area contributed by atoms with Gasteiger partial charge in [0.2, 0.25) is 11.3 Å². The molecule has 2 aromatic rings. The number of oxime groups is 1. The van der Waals surface area contributed by atoms with Gasteiger partial charge in [0.05, 0.1) is 11.7 Å². The van der Waals surface area contributed by atoms with Crippen molar-refractivity contribution in [1.82, 2.24) is 10.2 Å². The van der Waals surface area contributed by atoms with Gasteiger partial charge in [0.25, 0.3) is 11.8 Å². The number of nitrogen functional groups attached to an aromatic ring is 1. The highest BCUT2D eigenvalue weighted by Gasteiger charge is 2.53. The summed E-state index contributed by atoms with van der Waals surface area (Å²) in [6, 6.07) is 4.43. The number of aliphatic carboxylic acids is 1. The molecule has 16 heteroatoms. The predicted octanol–water partition coefficient (Wildman–Crippen LogP) is -3.62. The molecule has 0 bridgehead atoms. The number of pyridine rings is 1. The van der Waals surface area contributed by atoms with E-state index in [0.29, 0.717) is 11.3 Å². The average molecular weight is 639 g/mol. The standard InChI is InChI=1S/C26H30N6O7S2.ClH/c1-25(2,3)38-23(37)26(4,5)39-30-16(15-13-41-24(27)28-15)19(33)29-17-20(34)32-18(22(35)36)14(12-40-21(17)32)11-31-9-7-6-8-10-31;/h6-10,13,17,21H,11-12H2,1-5H3,(H3-,27,28,29,33,35,36);1H/b30-16-;/t17-,21-;/m1./s1. The minimum atomic E-state index is -1.55. The van der Waals surface area contributed by atoms with Crippen LogP contribution in [0.15, 0.2) is 52.4 Å². The molecule has 0 radical (unpaired) electrons. The molecular formula is C26H31ClN6O7S2. The first-order valence-electron chi connectivity index (χ1n) is 12.6. The highest BCUT2D eigenvalue weighted by Crippen LogP contribution is 2.40. The van der Waals surface area contributed by atoms with E-state index in [4.69, 9.17) is 15.3 Å². The summed E-state index contributed by atoms with van der Waals surface area (Å²) in [6.45, 7) is 8.27. The number of aromatic amines is 1. The molecule has 226 valence electrons. The number of thioether (sulfide) groups is 1. The Bertz CT molecular complexity index is 1440. The maximum atomic E-state index is 13.4. The smallest absolute Gasteiger partial charge is 0.353 e. The van der Waals surface area contributed by atoms with E-state index < -0.39 is 46.4 Å². The summed E-state index contributed by atoms with van der Waals surface area (Å²) in [4.78, 5) is 60.6. The minimum Gasteiger partial charge on any atom is -1.00 e. The molecule has 0 aliphatic carbocycles. The van der Waals surface area contributed by atoms with E-state index in [-0.39, 0.29) is 41.2 Å². The van der Waals surface area contributed by atoms with Crippen molar-refractivity contribution in [2.45, 2.75) is 63.8 Å². The Kier molecular flexibility index (Phi) is 9.90. The van der Waals surface area contributed by atoms with Crippen LogP contribution >= 0.6 is 23.1 Å². The molecule has 2 aliphatic heterocycles. The molecule has 0 aromatic carbocycles. The van der Waals surface area contributed by atoms with E-state index in [0.717, 1.165) is 16.2 Å². The second kappa shape index (κ2) is 12.7. The first-order valence-corrected chi connectivity index (χ1v) is 14.5. The van der Waals surface area contributed by atoms with Gasteiger partial charge in [-0.05, 0) is 34.6 Å². The Labute approximate surface area is 256 Å². The molecule has 2 amide bonds. The number of anilines is 1. The Balaban J connectivity index is 0.00000484. The first kappa shape index (κ1) is 32.8. The molecule has 2 aromatic heterocycles. The second-order valence-electron chi connectivity index (χ2n) is 10.8. The van der Waals surface area contributed by atoms with Crippen LogP contribution in [0.25, 0.3) is 0 Å². The zero-order valence-electron chi connectivity index (χ0n) is 23.5. The van der Waals surface area contributed by atoms with Crippen LogP contribution in [0.3, 0.4) is 0 Å². The third-order valence-electron chi connectivity index (χ3n) is 5.97. The van der Waals surface area contributed by atoms with Gasteiger partial charge in [-0.15, -0.1) is 11.8 Å². The number of aromatic nitrogens is 2. The number of nitrogens with zero attached hydrogens (tertiary/aromatic N) is 3. The predicted molar refractivity (Wildman–Crippen MR) is 147 cm³/mol. The van der Waals surface area contributed by atoms with Crippen molar-refractivity contribution in [2.75, 3.05) is 11.5 Å². The van der Waals surface area contributed by atoms with E-state index in [9.17, 15) is 24.3 Å². The first-order chi connectivity index (χ1) is 19.2. The molecule has 2 aliphatic rings. The van der Waals surface area contributed by atoms with E-state index in [1.54, 1.807) is 37.7 Å². The van der Waals surface area contributed by atoms with Crippen molar-refractivity contribution < 1.29 is 55.8 Å². The van der Waals surface area contributed by atoms with E-state index >= 15 is 0 Å². The number of fused-ring (bicyclic) bond motifs is 1. The van der Waals surface area contributed by atoms with Gasteiger partial charge >= 0.3 is 11.1 Å². The Hall–Kier alpha value is -3.69. The van der Waals surface area contributed by atoms with Crippen molar-refractivity contribution in [3.8, 4) is 0 Å². The number of carboxylic acid groups (broad SMARTS) is 1. The molecule has 1 fully saturated rings. The van der Waals surface area contributed by atoms with Crippen molar-refractivity contribution in [2.24, 2.45) is 5.16 Å². The summed E-state index contributed by atoms with van der Waals surface area (Å²) >= 11 is 2.44. The molecule has 4 rings (SSSR count). The zero-order valence-corrected chi connectivity index (χ0v) is 25.9. The third kappa shape index (κ3) is 7.20. The number of rotatable bonds is 9. The second-order valence-corrected chi connectivity index (χ2v) is 12.8. The lowest BCUT2D eigenvalue weighted by Gasteiger charge is -2.50. The summed E-state index contributed by atoms with van der Waals surface area (Å²) in [5.41, 5.74) is 3.73. The number of carbonyl (C=O) groups is 4. The summed E-state index contributed by atoms with van der Waals surface area (Å²) in [5, 5.41) is 19.8. The van der Waals surface area contributed by atoms with Crippen LogP contribution in [0, 0.1) is 0 Å². The van der Waals surface area contributed by atoms with E-state index in [2.05, 4.69) is 15.5 Å². The lowest BCUT2D eigenvalue weighted by molar-refractivity contribution is -0.689. The minimum absolute atomic E-state index is 0. The van der Waals surface area contributed by atoms with Gasteiger partial charge in [-0.25, -0.2) is 14.3 Å². The number of hydrogen-bond acceptors (Lipinski definition) is 11. The van der Waals surface area contributed by atoms with Gasteiger partial charge in [-0.3, -0.25) is 20.2 Å². The molecule has 4 N–H and O–H groups in total. The topological polar surface area (TPSA) is 181 Å². The number of nitrogens with one attached hydrogen (secondary N) is 2. The van der Waals surface area contributed by atoms with Crippen molar-refractivity contribution >= 4 is 57.7 Å². The van der Waals surface area contributed by atoms with Gasteiger partial charge in [-0.1, -0.05) is 22.6 Å². The average Bonchev–Trinajstić information content (AvgIpc) is 3.32. The summed E-state index contributed by atoms with van der Waals surface area (Å²) in [7, 11) is 0. The van der Waals surface area contributed by atoms with Gasteiger partial charge in [-0.2, -0.15) is 0 Å². The SMILES string of the molecule is CC(C)(C)OC(=O)C(C)(C)O/N=C(\C(=O)N[C@@H]1C(=O)N2C(C(=O)[O-])=C(C[n+]3ccccc3)CS[C@H]12)c1csc(N)[nH+]1.[Cl-]. The Morgan fingerprint density at radius 2 is 1.88 bits per heavy atom. The lowest BCUT2D eigenvalue weighted by atomic mass is 10.0. The molecule has 0 spiro atoms. The monoisotopic (exact) mass is 638 g/mol. The number of halogens is 1. The summed E-state index contributed by atoms with van der Waals surface area (Å²) < 4.78 is 7.17. The Morgan fingerprint density at radius 1 is 1.21 bits per heavy atom. The number of nitrogens with two attached hydrogens (primary N) is 1. The van der Waals surface area contributed by atoms with Crippen LogP contribution in [-0.4, -0.2) is 62.7 Å². The van der Waals surface area contributed by atoms with Crippen LogP contribution in [0.2, 0.25) is 0 Å². The number of H-pyrrole nitrogens is 1. The molecule has 2 atom stereocenters. The maximum absolute atomic E-state index is 13.4. The lowest BCUT2D eigenvalue weighted by Crippen LogP contribution is -3.00. The van der Waals surface area contributed by atoms with E-state index in [1.807, 2.05) is 18.2 Å². The number of thiazole rings is 1. The fourth-order valence-electron chi connectivity index (χ4n) is 4.00. The maximum Gasteiger partial charge on any atom is 0.353 e. The van der Waals surface area contributed by atoms with Crippen LogP contribution in [0.4, 0.5) is 5.13 Å².